The predicted octanol–water partition coefficient (Wildman–Crippen LogP) is 2.28. The van der Waals surface area contributed by atoms with E-state index in [0.717, 1.165) is 12.1 Å². The third-order valence-corrected chi connectivity index (χ3v) is 3.43. The molecule has 0 fully saturated rings. The Balaban J connectivity index is 2.40. The number of hydrogen-bond donors (Lipinski definition) is 0. The van der Waals surface area contributed by atoms with Gasteiger partial charge in [0.25, 0.3) is 5.91 Å². The number of carbonyl (C=O) groups excluding carboxylic acids is 1. The van der Waals surface area contributed by atoms with Crippen molar-refractivity contribution in [3.05, 3.63) is 23.4 Å². The molecular formula is C15H20F3N3O2. The van der Waals surface area contributed by atoms with Gasteiger partial charge in [-0.3, -0.25) is 4.79 Å². The molecule has 23 heavy (non-hydrogen) atoms. The van der Waals surface area contributed by atoms with Crippen molar-refractivity contribution in [2.75, 3.05) is 33.7 Å². The second-order valence-corrected chi connectivity index (χ2v) is 6.44. The minimum absolute atomic E-state index is 0.0577. The van der Waals surface area contributed by atoms with E-state index < -0.39 is 17.5 Å². The van der Waals surface area contributed by atoms with E-state index in [2.05, 4.69) is 4.98 Å². The van der Waals surface area contributed by atoms with E-state index in [1.165, 1.54) is 0 Å². The minimum Gasteiger partial charge on any atom is -0.469 e. The van der Waals surface area contributed by atoms with Crippen LogP contribution >= 0.6 is 0 Å². The zero-order valence-corrected chi connectivity index (χ0v) is 13.6. The van der Waals surface area contributed by atoms with Crippen LogP contribution in [0.25, 0.3) is 0 Å². The Morgan fingerprint density at radius 3 is 2.57 bits per heavy atom. The number of ether oxygens (including phenoxy) is 1. The van der Waals surface area contributed by atoms with Gasteiger partial charge in [-0.2, -0.15) is 13.2 Å². The number of rotatable bonds is 3. The molecule has 0 bridgehead atoms. The van der Waals surface area contributed by atoms with Crippen LogP contribution in [0.15, 0.2) is 12.1 Å². The largest absolute Gasteiger partial charge is 0.469 e. The second kappa shape index (κ2) is 5.99. The Bertz CT molecular complexity index is 600. The quantitative estimate of drug-likeness (QED) is 0.852. The highest BCUT2D eigenvalue weighted by Crippen LogP contribution is 2.33. The maximum Gasteiger partial charge on any atom is 0.433 e. The summed E-state index contributed by atoms with van der Waals surface area (Å²) in [5, 5.41) is 0. The van der Waals surface area contributed by atoms with E-state index in [9.17, 15) is 18.0 Å². The number of carbonyl (C=O) groups is 1. The summed E-state index contributed by atoms with van der Waals surface area (Å²) < 4.78 is 44.1. The molecule has 1 aliphatic heterocycles. The third-order valence-electron chi connectivity index (χ3n) is 3.43. The molecule has 0 aliphatic carbocycles. The number of likely N-dealkylation sites (N-methyl/N-ethyl adjacent to an activating group) is 1. The first-order chi connectivity index (χ1) is 10.5. The summed E-state index contributed by atoms with van der Waals surface area (Å²) >= 11 is 0. The number of fused-ring (bicyclic) bond motifs is 1. The van der Waals surface area contributed by atoms with Crippen LogP contribution in [0, 0.1) is 0 Å². The average molecular weight is 331 g/mol. The molecule has 1 aromatic rings. The van der Waals surface area contributed by atoms with Crippen LogP contribution < -0.4 is 4.74 Å². The summed E-state index contributed by atoms with van der Waals surface area (Å²) in [6, 6.07) is 1.94. The highest BCUT2D eigenvalue weighted by molar-refractivity contribution is 5.96. The number of pyridine rings is 1. The van der Waals surface area contributed by atoms with Gasteiger partial charge in [-0.1, -0.05) is 0 Å². The molecule has 0 N–H and O–H groups in total. The van der Waals surface area contributed by atoms with Crippen molar-refractivity contribution >= 4 is 5.91 Å². The van der Waals surface area contributed by atoms with Crippen molar-refractivity contribution in [2.45, 2.75) is 25.6 Å². The van der Waals surface area contributed by atoms with Gasteiger partial charge in [0.05, 0.1) is 6.54 Å². The van der Waals surface area contributed by atoms with Crippen molar-refractivity contribution in [3.8, 4) is 5.88 Å². The van der Waals surface area contributed by atoms with Gasteiger partial charge in [0.15, 0.2) is 0 Å². The maximum absolute atomic E-state index is 12.8. The van der Waals surface area contributed by atoms with E-state index in [0.29, 0.717) is 13.1 Å². The molecule has 0 radical (unpaired) electrons. The molecule has 0 saturated carbocycles. The SMILES string of the molecule is CN(C)CCN1CC(C)(C)Oc2nc(C(F)(F)F)ccc2C1=O. The fourth-order valence-corrected chi connectivity index (χ4v) is 2.34. The van der Waals surface area contributed by atoms with Crippen LogP contribution in [0.2, 0.25) is 0 Å². The van der Waals surface area contributed by atoms with Gasteiger partial charge in [-0.15, -0.1) is 0 Å². The van der Waals surface area contributed by atoms with Gasteiger partial charge in [-0.05, 0) is 40.1 Å². The van der Waals surface area contributed by atoms with E-state index in [4.69, 9.17) is 4.74 Å². The smallest absolute Gasteiger partial charge is 0.433 e. The summed E-state index contributed by atoms with van der Waals surface area (Å²) in [6.07, 6.45) is -4.58. The van der Waals surface area contributed by atoms with Crippen LogP contribution in [-0.2, 0) is 6.18 Å². The van der Waals surface area contributed by atoms with Crippen molar-refractivity contribution < 1.29 is 22.7 Å². The summed E-state index contributed by atoms with van der Waals surface area (Å²) in [4.78, 5) is 19.6. The fraction of sp³-hybridized carbons (Fsp3) is 0.600. The molecule has 2 heterocycles. The molecule has 8 heteroatoms. The molecule has 5 nitrogen and oxygen atoms in total. The van der Waals surface area contributed by atoms with E-state index in [1.54, 1.807) is 18.7 Å². The van der Waals surface area contributed by atoms with Crippen molar-refractivity contribution in [3.63, 3.8) is 0 Å². The molecule has 0 atom stereocenters. The number of halogens is 3. The summed E-state index contributed by atoms with van der Waals surface area (Å²) in [6.45, 7) is 4.82. The zero-order valence-electron chi connectivity index (χ0n) is 13.6. The normalized spacial score (nSPS) is 17.7. The molecule has 128 valence electrons. The van der Waals surface area contributed by atoms with Crippen molar-refractivity contribution in [2.24, 2.45) is 0 Å². The summed E-state index contributed by atoms with van der Waals surface area (Å²) in [7, 11) is 3.77. The molecule has 0 spiro atoms. The van der Waals surface area contributed by atoms with E-state index >= 15 is 0 Å². The fourth-order valence-electron chi connectivity index (χ4n) is 2.34. The Labute approximate surface area is 133 Å². The van der Waals surface area contributed by atoms with Gasteiger partial charge in [0, 0.05) is 13.1 Å². The van der Waals surface area contributed by atoms with Crippen LogP contribution in [0.1, 0.15) is 29.9 Å². The second-order valence-electron chi connectivity index (χ2n) is 6.44. The monoisotopic (exact) mass is 331 g/mol. The van der Waals surface area contributed by atoms with E-state index in [1.807, 2.05) is 19.0 Å². The van der Waals surface area contributed by atoms with Crippen LogP contribution in [0.5, 0.6) is 5.88 Å². The molecule has 1 aliphatic rings. The molecule has 0 aromatic carbocycles. The molecule has 0 saturated heterocycles. The van der Waals surface area contributed by atoms with E-state index in [-0.39, 0.29) is 23.9 Å². The first kappa shape index (κ1) is 17.5. The number of aromatic nitrogens is 1. The predicted molar refractivity (Wildman–Crippen MR) is 78.4 cm³/mol. The molecule has 0 unspecified atom stereocenters. The third kappa shape index (κ3) is 4.13. The molecular weight excluding hydrogens is 311 g/mol. The lowest BCUT2D eigenvalue weighted by Crippen LogP contribution is -2.45. The highest BCUT2D eigenvalue weighted by atomic mass is 19.4. The Hall–Kier alpha value is -1.83. The van der Waals surface area contributed by atoms with Gasteiger partial charge >= 0.3 is 6.18 Å². The average Bonchev–Trinajstić information content (AvgIpc) is 2.49. The Morgan fingerprint density at radius 2 is 2.00 bits per heavy atom. The number of hydrogen-bond acceptors (Lipinski definition) is 4. The lowest BCUT2D eigenvalue weighted by Gasteiger charge is -2.30. The number of alkyl halides is 3. The molecule has 1 amide bonds. The van der Waals surface area contributed by atoms with Crippen molar-refractivity contribution in [1.82, 2.24) is 14.8 Å². The standard InChI is InChI=1S/C15H20F3N3O2/c1-14(2)9-21(8-7-20(3)4)13(22)10-5-6-11(15(16,17)18)19-12(10)23-14/h5-6H,7-9H2,1-4H3. The van der Waals surface area contributed by atoms with Gasteiger partial charge in [0.2, 0.25) is 5.88 Å². The summed E-state index contributed by atoms with van der Waals surface area (Å²) in [5.41, 5.74) is -1.84. The molecule has 1 aromatic heterocycles. The van der Waals surface area contributed by atoms with Gasteiger partial charge < -0.3 is 14.5 Å². The number of nitrogens with zero attached hydrogens (tertiary/aromatic N) is 3. The topological polar surface area (TPSA) is 45.7 Å². The molecule has 2 rings (SSSR count). The first-order valence-corrected chi connectivity index (χ1v) is 7.21. The minimum atomic E-state index is -4.58. The van der Waals surface area contributed by atoms with Gasteiger partial charge in [0.1, 0.15) is 16.9 Å². The highest BCUT2D eigenvalue weighted by Gasteiger charge is 2.38. The number of amides is 1. The first-order valence-electron chi connectivity index (χ1n) is 7.21. The maximum atomic E-state index is 12.8. The lowest BCUT2D eigenvalue weighted by atomic mass is 10.1. The summed E-state index contributed by atoms with van der Waals surface area (Å²) in [5.74, 6) is -0.629. The van der Waals surface area contributed by atoms with Gasteiger partial charge in [-0.25, -0.2) is 4.98 Å². The Kier molecular flexibility index (Phi) is 4.57. The van der Waals surface area contributed by atoms with Crippen LogP contribution in [-0.4, -0.2) is 60.0 Å². The van der Waals surface area contributed by atoms with Crippen LogP contribution in [0.3, 0.4) is 0 Å². The zero-order chi connectivity index (χ0) is 17.4. The Morgan fingerprint density at radius 1 is 1.35 bits per heavy atom. The van der Waals surface area contributed by atoms with Crippen molar-refractivity contribution in [1.29, 1.82) is 0 Å². The lowest BCUT2D eigenvalue weighted by molar-refractivity contribution is -0.141. The van der Waals surface area contributed by atoms with Crippen LogP contribution in [0.4, 0.5) is 13.2 Å².